The van der Waals surface area contributed by atoms with E-state index in [0.717, 1.165) is 31.2 Å². The second kappa shape index (κ2) is 5.78. The molecule has 1 aromatic heterocycles. The summed E-state index contributed by atoms with van der Waals surface area (Å²) in [6.07, 6.45) is 7.30. The summed E-state index contributed by atoms with van der Waals surface area (Å²) in [5.41, 5.74) is 0.840. The first-order valence-corrected chi connectivity index (χ1v) is 7.30. The first kappa shape index (κ1) is 14.8. The van der Waals surface area contributed by atoms with Crippen LogP contribution in [0.3, 0.4) is 0 Å². The lowest BCUT2D eigenvalue weighted by Crippen LogP contribution is -2.44. The van der Waals surface area contributed by atoms with Gasteiger partial charge in [0.1, 0.15) is 0 Å². The largest absolute Gasteiger partial charge is 0.389 e. The maximum absolute atomic E-state index is 10.5. The van der Waals surface area contributed by atoms with Crippen molar-refractivity contribution in [3.63, 3.8) is 0 Å². The zero-order valence-corrected chi connectivity index (χ0v) is 12.5. The molecule has 0 atom stereocenters. The van der Waals surface area contributed by atoms with Gasteiger partial charge in [0, 0.05) is 25.5 Å². The van der Waals surface area contributed by atoms with E-state index < -0.39 is 5.60 Å². The minimum atomic E-state index is -0.560. The predicted molar refractivity (Wildman–Crippen MR) is 78.2 cm³/mol. The van der Waals surface area contributed by atoms with Crippen molar-refractivity contribution in [2.45, 2.75) is 51.7 Å². The normalized spacial score (nSPS) is 21.3. The Bertz CT molecular complexity index is 424. The molecule has 0 bridgehead atoms. The van der Waals surface area contributed by atoms with Gasteiger partial charge >= 0.3 is 0 Å². The Morgan fingerprint density at radius 2 is 2.00 bits per heavy atom. The van der Waals surface area contributed by atoms with Crippen LogP contribution in [0.4, 0.5) is 0 Å². The molecule has 0 aliphatic heterocycles. The lowest BCUT2D eigenvalue weighted by Gasteiger charge is -2.40. The van der Waals surface area contributed by atoms with Crippen molar-refractivity contribution in [1.29, 1.82) is 0 Å². The third kappa shape index (κ3) is 4.16. The summed E-state index contributed by atoms with van der Waals surface area (Å²) in [5, 5.41) is 14.5. The second-order valence-electron chi connectivity index (χ2n) is 6.46. The molecule has 19 heavy (non-hydrogen) atoms. The topological polar surface area (TPSA) is 45.1 Å². The van der Waals surface area contributed by atoms with Gasteiger partial charge in [0.2, 0.25) is 0 Å². The van der Waals surface area contributed by atoms with Crippen LogP contribution < -0.4 is 5.32 Å². The minimum Gasteiger partial charge on any atom is -0.389 e. The highest BCUT2D eigenvalue weighted by Crippen LogP contribution is 2.39. The number of aromatic nitrogens is 1. The average molecular weight is 283 g/mol. The van der Waals surface area contributed by atoms with Crippen molar-refractivity contribution in [3.8, 4) is 0 Å². The molecule has 4 heteroatoms. The van der Waals surface area contributed by atoms with Crippen LogP contribution >= 0.6 is 11.6 Å². The van der Waals surface area contributed by atoms with Crippen LogP contribution in [0.5, 0.6) is 0 Å². The van der Waals surface area contributed by atoms with Gasteiger partial charge in [0.15, 0.2) is 0 Å². The fourth-order valence-corrected chi connectivity index (χ4v) is 2.73. The van der Waals surface area contributed by atoms with E-state index in [2.05, 4.69) is 24.1 Å². The summed E-state index contributed by atoms with van der Waals surface area (Å²) in [5.74, 6) is 0. The molecule has 0 amide bonds. The van der Waals surface area contributed by atoms with Crippen LogP contribution in [0, 0.1) is 5.41 Å². The summed E-state index contributed by atoms with van der Waals surface area (Å²) in [7, 11) is 0. The molecule has 1 aliphatic rings. The maximum Gasteiger partial charge on any atom is 0.0772 e. The van der Waals surface area contributed by atoms with Gasteiger partial charge in [-0.1, -0.05) is 25.4 Å². The van der Waals surface area contributed by atoms with Crippen LogP contribution in [-0.2, 0) is 6.54 Å². The van der Waals surface area contributed by atoms with Crippen molar-refractivity contribution in [1.82, 2.24) is 10.3 Å². The number of rotatable bonds is 4. The number of hydrogen-bond acceptors (Lipinski definition) is 3. The molecule has 2 rings (SSSR count). The Morgan fingerprint density at radius 1 is 1.32 bits per heavy atom. The van der Waals surface area contributed by atoms with E-state index >= 15 is 0 Å². The van der Waals surface area contributed by atoms with Crippen molar-refractivity contribution < 1.29 is 5.11 Å². The van der Waals surface area contributed by atoms with Gasteiger partial charge in [-0.25, -0.2) is 0 Å². The van der Waals surface area contributed by atoms with Gasteiger partial charge in [-0.15, -0.1) is 0 Å². The second-order valence-corrected chi connectivity index (χ2v) is 6.87. The third-order valence-electron chi connectivity index (χ3n) is 4.16. The molecule has 0 unspecified atom stereocenters. The number of nitrogens with zero attached hydrogens (tertiary/aromatic N) is 1. The summed E-state index contributed by atoms with van der Waals surface area (Å²) in [6.45, 7) is 5.85. The fraction of sp³-hybridized carbons (Fsp3) is 0.667. The number of halogens is 1. The predicted octanol–water partition coefficient (Wildman–Crippen LogP) is 3.16. The van der Waals surface area contributed by atoms with E-state index in [1.54, 1.807) is 12.4 Å². The molecule has 0 saturated heterocycles. The Kier molecular flexibility index (Phi) is 4.49. The van der Waals surface area contributed by atoms with Crippen LogP contribution in [-0.4, -0.2) is 22.2 Å². The van der Waals surface area contributed by atoms with Gasteiger partial charge in [0.25, 0.3) is 0 Å². The Labute approximate surface area is 120 Å². The van der Waals surface area contributed by atoms with Gasteiger partial charge in [-0.3, -0.25) is 4.98 Å². The Morgan fingerprint density at radius 3 is 2.63 bits per heavy atom. The molecular weight excluding hydrogens is 260 g/mol. The fourth-order valence-electron chi connectivity index (χ4n) is 2.55. The van der Waals surface area contributed by atoms with Crippen molar-refractivity contribution in [2.75, 3.05) is 6.54 Å². The zero-order chi connectivity index (χ0) is 13.9. The van der Waals surface area contributed by atoms with E-state index in [4.69, 9.17) is 11.6 Å². The lowest BCUT2D eigenvalue weighted by molar-refractivity contribution is -0.0245. The highest BCUT2D eigenvalue weighted by molar-refractivity contribution is 6.31. The van der Waals surface area contributed by atoms with Crippen molar-refractivity contribution in [2.24, 2.45) is 5.41 Å². The van der Waals surface area contributed by atoms with Gasteiger partial charge in [0.05, 0.1) is 10.6 Å². The monoisotopic (exact) mass is 282 g/mol. The molecule has 0 aromatic carbocycles. The van der Waals surface area contributed by atoms with E-state index in [9.17, 15) is 5.11 Å². The number of aliphatic hydroxyl groups is 1. The molecule has 1 aromatic rings. The highest BCUT2D eigenvalue weighted by atomic mass is 35.5. The summed E-state index contributed by atoms with van der Waals surface area (Å²) in [4.78, 5) is 3.96. The summed E-state index contributed by atoms with van der Waals surface area (Å²) >= 11 is 6.05. The van der Waals surface area contributed by atoms with E-state index in [0.29, 0.717) is 23.5 Å². The van der Waals surface area contributed by atoms with Crippen LogP contribution in [0.1, 0.15) is 45.1 Å². The van der Waals surface area contributed by atoms with Gasteiger partial charge in [-0.2, -0.15) is 0 Å². The smallest absolute Gasteiger partial charge is 0.0772 e. The van der Waals surface area contributed by atoms with Crippen LogP contribution in [0.2, 0.25) is 5.02 Å². The standard InChI is InChI=1S/C15H23ClN2O/c1-14(2)4-6-15(19,7-5-14)11-18-9-12-3-8-17-10-13(12)16/h3,8,10,18-19H,4-7,9,11H2,1-2H3. The molecule has 1 fully saturated rings. The van der Waals surface area contributed by atoms with Crippen LogP contribution in [0.25, 0.3) is 0 Å². The first-order chi connectivity index (χ1) is 8.90. The van der Waals surface area contributed by atoms with Crippen LogP contribution in [0.15, 0.2) is 18.5 Å². The molecule has 0 radical (unpaired) electrons. The molecule has 2 N–H and O–H groups in total. The number of nitrogens with one attached hydrogen (secondary N) is 1. The molecule has 106 valence electrons. The van der Waals surface area contributed by atoms with E-state index in [1.165, 1.54) is 0 Å². The SMILES string of the molecule is CC1(C)CCC(O)(CNCc2ccncc2Cl)CC1. The first-order valence-electron chi connectivity index (χ1n) is 6.92. The van der Waals surface area contributed by atoms with E-state index in [1.807, 2.05) is 6.07 Å². The summed E-state index contributed by atoms with van der Waals surface area (Å²) in [6, 6.07) is 1.91. The highest BCUT2D eigenvalue weighted by Gasteiger charge is 2.36. The van der Waals surface area contributed by atoms with E-state index in [-0.39, 0.29) is 0 Å². The molecule has 1 aliphatic carbocycles. The number of pyridine rings is 1. The molecule has 1 heterocycles. The average Bonchev–Trinajstić information content (AvgIpc) is 2.36. The van der Waals surface area contributed by atoms with Gasteiger partial charge < -0.3 is 10.4 Å². The Hall–Kier alpha value is -0.640. The molecule has 0 spiro atoms. The summed E-state index contributed by atoms with van der Waals surface area (Å²) < 4.78 is 0. The quantitative estimate of drug-likeness (QED) is 0.892. The van der Waals surface area contributed by atoms with Crippen molar-refractivity contribution >= 4 is 11.6 Å². The minimum absolute atomic E-state index is 0.376. The van der Waals surface area contributed by atoms with Crippen molar-refractivity contribution in [3.05, 3.63) is 29.0 Å². The number of hydrogen-bond donors (Lipinski definition) is 2. The third-order valence-corrected chi connectivity index (χ3v) is 4.50. The maximum atomic E-state index is 10.5. The van der Waals surface area contributed by atoms with Gasteiger partial charge in [-0.05, 0) is 42.7 Å². The molecule has 1 saturated carbocycles. The molecule has 3 nitrogen and oxygen atoms in total. The lowest BCUT2D eigenvalue weighted by atomic mass is 9.71. The molecular formula is C15H23ClN2O. The Balaban J connectivity index is 1.81. The zero-order valence-electron chi connectivity index (χ0n) is 11.7.